The molecule has 3 rings (SSSR count). The summed E-state index contributed by atoms with van der Waals surface area (Å²) in [6, 6.07) is 14.6. The van der Waals surface area contributed by atoms with Gasteiger partial charge in [-0.05, 0) is 77.5 Å². The van der Waals surface area contributed by atoms with Gasteiger partial charge in [0.25, 0.3) is 16.0 Å². The van der Waals surface area contributed by atoms with Crippen LogP contribution in [0.1, 0.15) is 64.0 Å². The van der Waals surface area contributed by atoms with Gasteiger partial charge in [-0.3, -0.25) is 8.98 Å². The molecule has 41 heavy (non-hydrogen) atoms. The van der Waals surface area contributed by atoms with Crippen LogP contribution in [-0.4, -0.2) is 62.1 Å². The number of carbonyl (C=O) groups is 3. The minimum absolute atomic E-state index is 0.0613. The Labute approximate surface area is 242 Å². The van der Waals surface area contributed by atoms with Gasteiger partial charge >= 0.3 is 12.1 Å². The second kappa shape index (κ2) is 14.5. The molecule has 2 aromatic rings. The van der Waals surface area contributed by atoms with Crippen molar-refractivity contribution in [1.82, 2.24) is 10.2 Å². The fourth-order valence-corrected chi connectivity index (χ4v) is 5.44. The van der Waals surface area contributed by atoms with Crippen molar-refractivity contribution >= 4 is 28.1 Å². The summed E-state index contributed by atoms with van der Waals surface area (Å²) in [6.07, 6.45) is 0.000677. The Kier molecular flexibility index (Phi) is 11.3. The highest BCUT2D eigenvalue weighted by Crippen LogP contribution is 2.25. The molecule has 1 fully saturated rings. The number of hydrogen-bond acceptors (Lipinski definition) is 8. The average Bonchev–Trinajstić information content (AvgIpc) is 3.41. The smallest absolute Gasteiger partial charge is 0.407 e. The number of carbonyl (C=O) groups excluding carboxylic acids is 3. The largest absolute Gasteiger partial charge is 0.458 e. The van der Waals surface area contributed by atoms with Crippen LogP contribution in [-0.2, 0) is 40.0 Å². The molecule has 0 bridgehead atoms. The number of rotatable bonds is 12. The van der Waals surface area contributed by atoms with E-state index in [0.29, 0.717) is 32.2 Å². The monoisotopic (exact) mass is 588 g/mol. The minimum atomic E-state index is -4.26. The van der Waals surface area contributed by atoms with Gasteiger partial charge in [0.2, 0.25) is 0 Å². The van der Waals surface area contributed by atoms with Gasteiger partial charge in [0.15, 0.2) is 6.10 Å². The summed E-state index contributed by atoms with van der Waals surface area (Å²) in [5.74, 6) is -1.11. The van der Waals surface area contributed by atoms with E-state index in [0.717, 1.165) is 11.1 Å². The molecule has 2 amide bonds. The van der Waals surface area contributed by atoms with Gasteiger partial charge < -0.3 is 19.7 Å². The lowest BCUT2D eigenvalue weighted by atomic mass is 10.1. The number of benzene rings is 2. The number of amides is 2. The second-order valence-corrected chi connectivity index (χ2v) is 12.6. The fourth-order valence-electron chi connectivity index (χ4n) is 4.38. The molecule has 0 aromatic heterocycles. The van der Waals surface area contributed by atoms with Gasteiger partial charge in [0.1, 0.15) is 18.2 Å². The van der Waals surface area contributed by atoms with Crippen molar-refractivity contribution in [3.8, 4) is 0 Å². The zero-order valence-corrected chi connectivity index (χ0v) is 24.9. The number of nitrogens with zero attached hydrogens (tertiary/aromatic N) is 1. The quantitative estimate of drug-likeness (QED) is 0.218. The molecule has 10 nitrogen and oxygen atoms in total. The molecule has 11 heteroatoms. The predicted molar refractivity (Wildman–Crippen MR) is 152 cm³/mol. The summed E-state index contributed by atoms with van der Waals surface area (Å²) in [6.45, 7) is 7.78. The first-order valence-electron chi connectivity index (χ1n) is 13.8. The van der Waals surface area contributed by atoms with Crippen LogP contribution in [0.4, 0.5) is 4.79 Å². The van der Waals surface area contributed by atoms with E-state index < -0.39 is 45.8 Å². The van der Waals surface area contributed by atoms with Crippen LogP contribution in [0, 0.1) is 6.92 Å². The van der Waals surface area contributed by atoms with Crippen LogP contribution in [0.3, 0.4) is 0 Å². The first kappa shape index (κ1) is 32.1. The molecule has 224 valence electrons. The normalized spacial score (nSPS) is 16.2. The highest BCUT2D eigenvalue weighted by Gasteiger charge is 2.41. The lowest BCUT2D eigenvalue weighted by Crippen LogP contribution is -2.48. The zero-order valence-electron chi connectivity index (χ0n) is 24.1. The number of aryl methyl sites for hydroxylation is 1. The first-order chi connectivity index (χ1) is 19.4. The Hall–Kier alpha value is -3.44. The van der Waals surface area contributed by atoms with Crippen molar-refractivity contribution in [3.05, 3.63) is 65.7 Å². The lowest BCUT2D eigenvalue weighted by Gasteiger charge is -2.29. The molecule has 1 aliphatic heterocycles. The van der Waals surface area contributed by atoms with E-state index in [1.165, 1.54) is 17.0 Å². The Balaban J connectivity index is 1.62. The lowest BCUT2D eigenvalue weighted by molar-refractivity contribution is -0.164. The molecular formula is C30H40N2O8S. The zero-order chi connectivity index (χ0) is 30.0. The van der Waals surface area contributed by atoms with Crippen molar-refractivity contribution in [3.63, 3.8) is 0 Å². The van der Waals surface area contributed by atoms with Crippen LogP contribution < -0.4 is 5.32 Å². The minimum Gasteiger partial charge on any atom is -0.458 e. The standard InChI is InChI=1S/C30H40N2O8S/c1-22-15-17-24(18-16-22)41(36,37)40-26(27(33)32-20-10-13-25(32)28(34)39-30(2,3)4)14-8-9-19-31-29(35)38-21-23-11-6-5-7-12-23/h5-7,11-12,15-18,25-26H,8-10,13-14,19-21H2,1-4H3,(H,31,35)/t25-,26+/m0/s1. The van der Waals surface area contributed by atoms with Crippen LogP contribution in [0.2, 0.25) is 0 Å². The fraction of sp³-hybridized carbons (Fsp3) is 0.500. The SMILES string of the molecule is Cc1ccc(S(=O)(=O)O[C@H](CCCCNC(=O)OCc2ccccc2)C(=O)N2CCC[C@H]2C(=O)OC(C)(C)C)cc1. The highest BCUT2D eigenvalue weighted by atomic mass is 32.2. The molecule has 0 unspecified atom stereocenters. The van der Waals surface area contributed by atoms with E-state index in [2.05, 4.69) is 5.32 Å². The van der Waals surface area contributed by atoms with Crippen LogP contribution in [0.15, 0.2) is 59.5 Å². The van der Waals surface area contributed by atoms with Crippen molar-refractivity contribution < 1.29 is 36.5 Å². The molecule has 1 saturated heterocycles. The summed E-state index contributed by atoms with van der Waals surface area (Å²) < 4.78 is 42.4. The predicted octanol–water partition coefficient (Wildman–Crippen LogP) is 4.50. The van der Waals surface area contributed by atoms with E-state index in [9.17, 15) is 22.8 Å². The van der Waals surface area contributed by atoms with Gasteiger partial charge in [0, 0.05) is 13.1 Å². The molecule has 0 radical (unpaired) electrons. The van der Waals surface area contributed by atoms with E-state index in [1.807, 2.05) is 37.3 Å². The van der Waals surface area contributed by atoms with Crippen LogP contribution in [0.25, 0.3) is 0 Å². The van der Waals surface area contributed by atoms with Gasteiger partial charge in [-0.25, -0.2) is 9.59 Å². The van der Waals surface area contributed by atoms with Gasteiger partial charge in [-0.2, -0.15) is 8.42 Å². The van der Waals surface area contributed by atoms with Crippen molar-refractivity contribution in [2.24, 2.45) is 0 Å². The molecule has 0 spiro atoms. The maximum atomic E-state index is 13.6. The van der Waals surface area contributed by atoms with E-state index >= 15 is 0 Å². The third-order valence-electron chi connectivity index (χ3n) is 6.42. The average molecular weight is 589 g/mol. The van der Waals surface area contributed by atoms with E-state index in [-0.39, 0.29) is 24.5 Å². The highest BCUT2D eigenvalue weighted by molar-refractivity contribution is 7.86. The molecule has 2 aromatic carbocycles. The third-order valence-corrected chi connectivity index (χ3v) is 7.75. The maximum Gasteiger partial charge on any atom is 0.407 e. The topological polar surface area (TPSA) is 128 Å². The maximum absolute atomic E-state index is 13.6. The van der Waals surface area contributed by atoms with Crippen molar-refractivity contribution in [2.45, 2.75) is 89.0 Å². The van der Waals surface area contributed by atoms with Gasteiger partial charge in [0.05, 0.1) is 4.90 Å². The number of hydrogen-bond donors (Lipinski definition) is 1. The Morgan fingerprint density at radius 1 is 1.02 bits per heavy atom. The number of nitrogens with one attached hydrogen (secondary N) is 1. The van der Waals surface area contributed by atoms with E-state index in [1.54, 1.807) is 32.9 Å². The van der Waals surface area contributed by atoms with Gasteiger partial charge in [-0.15, -0.1) is 0 Å². The number of esters is 1. The summed E-state index contributed by atoms with van der Waals surface area (Å²) in [7, 11) is -4.26. The Bertz CT molecular complexity index is 1270. The molecule has 2 atom stereocenters. The Morgan fingerprint density at radius 3 is 2.37 bits per heavy atom. The third kappa shape index (κ3) is 10.2. The Morgan fingerprint density at radius 2 is 1.71 bits per heavy atom. The summed E-state index contributed by atoms with van der Waals surface area (Å²) in [4.78, 5) is 39.8. The second-order valence-electron chi connectivity index (χ2n) is 11.1. The molecule has 1 N–H and O–H groups in total. The number of likely N-dealkylation sites (tertiary alicyclic amines) is 1. The number of ether oxygens (including phenoxy) is 2. The van der Waals surface area contributed by atoms with Crippen LogP contribution >= 0.6 is 0 Å². The van der Waals surface area contributed by atoms with Crippen molar-refractivity contribution in [2.75, 3.05) is 13.1 Å². The molecule has 0 saturated carbocycles. The summed E-state index contributed by atoms with van der Waals surface area (Å²) >= 11 is 0. The number of alkyl carbamates (subject to hydrolysis) is 1. The van der Waals surface area contributed by atoms with Gasteiger partial charge in [-0.1, -0.05) is 48.0 Å². The van der Waals surface area contributed by atoms with E-state index in [4.69, 9.17) is 13.7 Å². The summed E-state index contributed by atoms with van der Waals surface area (Å²) in [5.41, 5.74) is 1.01. The first-order valence-corrected chi connectivity index (χ1v) is 15.2. The molecular weight excluding hydrogens is 548 g/mol. The number of unbranched alkanes of at least 4 members (excludes halogenated alkanes) is 1. The van der Waals surface area contributed by atoms with Crippen LogP contribution in [0.5, 0.6) is 0 Å². The molecule has 0 aliphatic carbocycles. The molecule has 1 aliphatic rings. The van der Waals surface area contributed by atoms with Crippen molar-refractivity contribution in [1.29, 1.82) is 0 Å². The molecule has 1 heterocycles. The summed E-state index contributed by atoms with van der Waals surface area (Å²) in [5, 5.41) is 2.66.